The third-order valence-corrected chi connectivity index (χ3v) is 7.05. The van der Waals surface area contributed by atoms with Crippen molar-refractivity contribution in [2.75, 3.05) is 25.0 Å². The van der Waals surface area contributed by atoms with E-state index in [-0.39, 0.29) is 41.5 Å². The van der Waals surface area contributed by atoms with Crippen LogP contribution in [0.15, 0.2) is 0 Å². The summed E-state index contributed by atoms with van der Waals surface area (Å²) >= 11 is 1.44. The normalized spacial score (nSPS) is 20.4. The van der Waals surface area contributed by atoms with Crippen LogP contribution in [0.25, 0.3) is 0 Å². The van der Waals surface area contributed by atoms with Crippen LogP contribution in [0.2, 0.25) is 0 Å². The Bertz CT molecular complexity index is 795. The van der Waals surface area contributed by atoms with Crippen LogP contribution in [0.4, 0.5) is 5.13 Å². The second kappa shape index (κ2) is 10.1. The molecule has 1 unspecified atom stereocenters. The summed E-state index contributed by atoms with van der Waals surface area (Å²) in [6.45, 7) is 9.73. The largest absolute Gasteiger partial charge is 0.342 e. The van der Waals surface area contributed by atoms with Crippen LogP contribution in [0.5, 0.6) is 0 Å². The predicted octanol–water partition coefficient (Wildman–Crippen LogP) is 3.09. The quantitative estimate of drug-likeness (QED) is 0.646. The van der Waals surface area contributed by atoms with Crippen LogP contribution in [0.3, 0.4) is 0 Å². The summed E-state index contributed by atoms with van der Waals surface area (Å²) in [6.07, 6.45) is 5.86. The second-order valence-electron chi connectivity index (χ2n) is 9.62. The van der Waals surface area contributed by atoms with Gasteiger partial charge in [-0.15, -0.1) is 10.2 Å². The van der Waals surface area contributed by atoms with Crippen LogP contribution < -0.4 is 5.32 Å². The number of aryl methyl sites for hydroxylation is 1. The number of carbonyl (C=O) groups is 3. The number of unbranched alkanes of at least 4 members (excludes halogenated alkanes) is 2. The number of nitrogens with one attached hydrogen (secondary N) is 1. The van der Waals surface area contributed by atoms with Gasteiger partial charge in [0.1, 0.15) is 5.01 Å². The first kappa shape index (κ1) is 23.6. The van der Waals surface area contributed by atoms with E-state index < -0.39 is 0 Å². The van der Waals surface area contributed by atoms with Gasteiger partial charge < -0.3 is 15.1 Å². The number of rotatable bonds is 7. The lowest BCUT2D eigenvalue weighted by atomic mass is 9.94. The molecule has 0 radical (unpaired) electrons. The highest BCUT2D eigenvalue weighted by Crippen LogP contribution is 2.29. The van der Waals surface area contributed by atoms with E-state index in [4.69, 9.17) is 0 Å². The Morgan fingerprint density at radius 3 is 2.45 bits per heavy atom. The third kappa shape index (κ3) is 6.02. The molecule has 172 valence electrons. The Morgan fingerprint density at radius 1 is 1.13 bits per heavy atom. The maximum atomic E-state index is 12.9. The van der Waals surface area contributed by atoms with Gasteiger partial charge in [0.05, 0.1) is 5.92 Å². The summed E-state index contributed by atoms with van der Waals surface area (Å²) in [5.41, 5.74) is -0.266. The molecule has 8 nitrogen and oxygen atoms in total. The zero-order chi connectivity index (χ0) is 22.6. The van der Waals surface area contributed by atoms with Crippen molar-refractivity contribution >= 4 is 34.2 Å². The summed E-state index contributed by atoms with van der Waals surface area (Å²) in [7, 11) is 0. The smallest absolute Gasteiger partial charge is 0.229 e. The van der Waals surface area contributed by atoms with E-state index in [1.807, 2.05) is 25.7 Å². The lowest BCUT2D eigenvalue weighted by Gasteiger charge is -2.34. The highest BCUT2D eigenvalue weighted by Gasteiger charge is 2.41. The summed E-state index contributed by atoms with van der Waals surface area (Å²) in [5.74, 6) is -0.359. The van der Waals surface area contributed by atoms with E-state index in [9.17, 15) is 14.4 Å². The number of hydrogen-bond acceptors (Lipinski definition) is 6. The Balaban J connectivity index is 1.45. The summed E-state index contributed by atoms with van der Waals surface area (Å²) in [4.78, 5) is 41.5. The maximum Gasteiger partial charge on any atom is 0.229 e. The van der Waals surface area contributed by atoms with Crippen molar-refractivity contribution in [3.63, 3.8) is 0 Å². The van der Waals surface area contributed by atoms with E-state index >= 15 is 0 Å². The van der Waals surface area contributed by atoms with Crippen LogP contribution in [0, 0.1) is 11.8 Å². The minimum absolute atomic E-state index is 0.0415. The summed E-state index contributed by atoms with van der Waals surface area (Å²) in [5, 5.41) is 12.7. The summed E-state index contributed by atoms with van der Waals surface area (Å²) < 4.78 is 0. The van der Waals surface area contributed by atoms with Gasteiger partial charge in [-0.25, -0.2) is 0 Å². The Kier molecular flexibility index (Phi) is 7.67. The lowest BCUT2D eigenvalue weighted by molar-refractivity contribution is -0.138. The molecule has 0 spiro atoms. The molecule has 3 rings (SSSR count). The maximum absolute atomic E-state index is 12.9. The molecular weight excluding hydrogens is 414 g/mol. The molecule has 9 heteroatoms. The molecular formula is C22H35N5O3S. The highest BCUT2D eigenvalue weighted by molar-refractivity contribution is 7.15. The Hall–Kier alpha value is -2.03. The van der Waals surface area contributed by atoms with Gasteiger partial charge in [-0.1, -0.05) is 31.1 Å². The van der Waals surface area contributed by atoms with Gasteiger partial charge in [0, 0.05) is 43.9 Å². The summed E-state index contributed by atoms with van der Waals surface area (Å²) in [6, 6.07) is 0. The molecule has 1 aromatic heterocycles. The SMILES string of the molecule is CCCCCc1nnc(NC(=O)C2CCN(C(=O)C3CC(=O)N(C(C)(C)C)C3)CC2)s1. The molecule has 1 atom stereocenters. The number of piperidine rings is 1. The zero-order valence-corrected chi connectivity index (χ0v) is 20.0. The molecule has 3 amide bonds. The molecule has 0 aromatic carbocycles. The van der Waals surface area contributed by atoms with Crippen LogP contribution >= 0.6 is 11.3 Å². The number of carbonyl (C=O) groups excluding carboxylic acids is 3. The van der Waals surface area contributed by atoms with Gasteiger partial charge in [0.15, 0.2) is 0 Å². The Labute approximate surface area is 188 Å². The molecule has 3 heterocycles. The van der Waals surface area contributed by atoms with Crippen LogP contribution in [-0.2, 0) is 20.8 Å². The molecule has 1 aromatic rings. The van der Waals surface area contributed by atoms with E-state index in [0.29, 0.717) is 37.6 Å². The fourth-order valence-corrected chi connectivity index (χ4v) is 5.06. The number of anilines is 1. The van der Waals surface area contributed by atoms with Crippen LogP contribution in [-0.4, -0.2) is 62.9 Å². The Morgan fingerprint density at radius 2 is 1.84 bits per heavy atom. The van der Waals surface area contributed by atoms with Crippen LogP contribution in [0.1, 0.15) is 71.2 Å². The molecule has 2 fully saturated rings. The zero-order valence-electron chi connectivity index (χ0n) is 19.1. The fraction of sp³-hybridized carbons (Fsp3) is 0.773. The topological polar surface area (TPSA) is 95.5 Å². The van der Waals surface area contributed by atoms with Gasteiger partial charge in [-0.05, 0) is 40.0 Å². The van der Waals surface area contributed by atoms with Crippen molar-refractivity contribution in [2.45, 2.75) is 78.2 Å². The molecule has 2 aliphatic heterocycles. The predicted molar refractivity (Wildman–Crippen MR) is 121 cm³/mol. The molecule has 0 aliphatic carbocycles. The standard InChI is InChI=1S/C22H35N5O3S/c1-5-6-7-8-17-24-25-21(31-17)23-19(29)15-9-11-26(12-10-15)20(30)16-13-18(28)27(14-16)22(2,3)4/h15-16H,5-14H2,1-4H3,(H,23,25,29). The number of hydrogen-bond donors (Lipinski definition) is 1. The van der Waals surface area contributed by atoms with E-state index in [1.54, 1.807) is 4.90 Å². The molecule has 2 aliphatic rings. The van der Waals surface area contributed by atoms with E-state index in [0.717, 1.165) is 24.3 Å². The molecule has 2 saturated heterocycles. The highest BCUT2D eigenvalue weighted by atomic mass is 32.1. The van der Waals surface area contributed by atoms with Gasteiger partial charge >= 0.3 is 0 Å². The molecule has 0 bridgehead atoms. The molecule has 1 N–H and O–H groups in total. The first-order valence-corrected chi connectivity index (χ1v) is 12.2. The van der Waals surface area contributed by atoms with Crippen molar-refractivity contribution < 1.29 is 14.4 Å². The average molecular weight is 450 g/mol. The van der Waals surface area contributed by atoms with Crippen molar-refractivity contribution in [2.24, 2.45) is 11.8 Å². The number of nitrogens with zero attached hydrogens (tertiary/aromatic N) is 4. The third-order valence-electron chi connectivity index (χ3n) is 6.15. The van der Waals surface area contributed by atoms with E-state index in [2.05, 4.69) is 22.4 Å². The first-order chi connectivity index (χ1) is 14.7. The number of likely N-dealkylation sites (tertiary alicyclic amines) is 2. The fourth-order valence-electron chi connectivity index (χ4n) is 4.28. The average Bonchev–Trinajstić information content (AvgIpc) is 3.34. The minimum atomic E-state index is -0.273. The lowest BCUT2D eigenvalue weighted by Crippen LogP contribution is -2.46. The minimum Gasteiger partial charge on any atom is -0.342 e. The van der Waals surface area contributed by atoms with Crippen molar-refractivity contribution in [1.82, 2.24) is 20.0 Å². The first-order valence-electron chi connectivity index (χ1n) is 11.4. The monoisotopic (exact) mass is 449 g/mol. The van der Waals surface area contributed by atoms with Crippen molar-refractivity contribution in [3.8, 4) is 0 Å². The second-order valence-corrected chi connectivity index (χ2v) is 10.7. The van der Waals surface area contributed by atoms with Crippen molar-refractivity contribution in [1.29, 1.82) is 0 Å². The number of aromatic nitrogens is 2. The van der Waals surface area contributed by atoms with Gasteiger partial charge in [-0.3, -0.25) is 14.4 Å². The van der Waals surface area contributed by atoms with Crippen molar-refractivity contribution in [3.05, 3.63) is 5.01 Å². The van der Waals surface area contributed by atoms with Gasteiger partial charge in [0.25, 0.3) is 0 Å². The van der Waals surface area contributed by atoms with Gasteiger partial charge in [-0.2, -0.15) is 0 Å². The number of amides is 3. The van der Waals surface area contributed by atoms with Gasteiger partial charge in [0.2, 0.25) is 22.9 Å². The van der Waals surface area contributed by atoms with E-state index in [1.165, 1.54) is 17.8 Å². The molecule has 0 saturated carbocycles. The molecule has 31 heavy (non-hydrogen) atoms.